The zero-order chi connectivity index (χ0) is 18.8. The van der Waals surface area contributed by atoms with Crippen LogP contribution in [0.2, 0.25) is 0 Å². The van der Waals surface area contributed by atoms with Gasteiger partial charge in [-0.1, -0.05) is 11.6 Å². The van der Waals surface area contributed by atoms with Crippen LogP contribution in [0.25, 0.3) is 0 Å². The van der Waals surface area contributed by atoms with E-state index in [1.165, 1.54) is 36.3 Å². The molecule has 138 valence electrons. The number of methoxy groups -OCH3 is 1. The molecule has 2 aliphatic heterocycles. The molecule has 1 aromatic carbocycles. The molecular weight excluding hydrogens is 358 g/mol. The summed E-state index contributed by atoms with van der Waals surface area (Å²) in [6.45, 7) is 6.33. The number of carbonyl (C=O) groups excluding carboxylic acids is 3. The number of carbonyl (C=O) groups is 3. The first-order valence-electron chi connectivity index (χ1n) is 8.53. The summed E-state index contributed by atoms with van der Waals surface area (Å²) < 4.78 is 4.65. The van der Waals surface area contributed by atoms with Crippen molar-refractivity contribution in [1.29, 1.82) is 0 Å². The van der Waals surface area contributed by atoms with Gasteiger partial charge in [0.15, 0.2) is 0 Å². The van der Waals surface area contributed by atoms with Crippen molar-refractivity contribution in [3.8, 4) is 0 Å². The molecular formula is C18H21ClN3O4+. The smallest absolute Gasteiger partial charge is 0.337 e. The summed E-state index contributed by atoms with van der Waals surface area (Å²) in [5.41, 5.74) is 0.982. The van der Waals surface area contributed by atoms with Gasteiger partial charge in [0.1, 0.15) is 10.7 Å². The number of hydrogen-bond donors (Lipinski definition) is 1. The molecule has 1 aromatic rings. The van der Waals surface area contributed by atoms with E-state index in [0.717, 1.165) is 24.5 Å². The van der Waals surface area contributed by atoms with Crippen LogP contribution in [0.4, 0.5) is 5.69 Å². The number of quaternary nitrogens is 1. The fourth-order valence-corrected chi connectivity index (χ4v) is 3.55. The van der Waals surface area contributed by atoms with Gasteiger partial charge in [-0.3, -0.25) is 9.59 Å². The highest BCUT2D eigenvalue weighted by atomic mass is 35.5. The van der Waals surface area contributed by atoms with Gasteiger partial charge in [-0.2, -0.15) is 0 Å². The predicted octanol–water partition coefficient (Wildman–Crippen LogP) is 0.0172. The van der Waals surface area contributed by atoms with E-state index < -0.39 is 17.8 Å². The first kappa shape index (κ1) is 18.4. The van der Waals surface area contributed by atoms with Crippen molar-refractivity contribution in [2.75, 3.05) is 44.7 Å². The summed E-state index contributed by atoms with van der Waals surface area (Å²) in [7, 11) is 1.29. The predicted molar refractivity (Wildman–Crippen MR) is 96.0 cm³/mol. The average molecular weight is 379 g/mol. The Balaban J connectivity index is 1.81. The molecule has 1 N–H and O–H groups in total. The Morgan fingerprint density at radius 1 is 1.15 bits per heavy atom. The Labute approximate surface area is 156 Å². The topological polar surface area (TPSA) is 71.4 Å². The second-order valence-electron chi connectivity index (χ2n) is 6.24. The molecule has 0 aliphatic carbocycles. The number of nitrogens with one attached hydrogen (secondary N) is 1. The number of hydrogen-bond acceptors (Lipinski definition) is 5. The largest absolute Gasteiger partial charge is 0.465 e. The fourth-order valence-electron chi connectivity index (χ4n) is 3.26. The summed E-state index contributed by atoms with van der Waals surface area (Å²) in [6.07, 6.45) is 0. The number of rotatable bonds is 4. The lowest BCUT2D eigenvalue weighted by Crippen LogP contribution is -3.14. The maximum atomic E-state index is 12.9. The van der Waals surface area contributed by atoms with Crippen molar-refractivity contribution >= 4 is 35.1 Å². The Morgan fingerprint density at radius 3 is 2.31 bits per heavy atom. The lowest BCUT2D eigenvalue weighted by atomic mass is 10.2. The zero-order valence-electron chi connectivity index (χ0n) is 14.8. The van der Waals surface area contributed by atoms with Crippen LogP contribution < -0.4 is 9.80 Å². The third-order valence-corrected chi connectivity index (χ3v) is 5.18. The number of benzene rings is 1. The van der Waals surface area contributed by atoms with Gasteiger partial charge in [0.2, 0.25) is 0 Å². The second kappa shape index (κ2) is 7.47. The second-order valence-corrected chi connectivity index (χ2v) is 6.62. The van der Waals surface area contributed by atoms with Crippen molar-refractivity contribution < 1.29 is 24.0 Å². The van der Waals surface area contributed by atoms with Crippen LogP contribution in [0.15, 0.2) is 35.0 Å². The molecule has 3 rings (SSSR count). The maximum absolute atomic E-state index is 12.9. The minimum absolute atomic E-state index is 0.0491. The van der Waals surface area contributed by atoms with Crippen LogP contribution >= 0.6 is 11.6 Å². The SMILES string of the molecule is CC[NH+]1CCN(C2=C(Cl)C(=O)N(c3ccc(C(=O)OC)cc3)C2=O)CC1. The molecule has 1 fully saturated rings. The average Bonchev–Trinajstić information content (AvgIpc) is 2.90. The highest BCUT2D eigenvalue weighted by Crippen LogP contribution is 2.31. The number of imide groups is 1. The molecule has 2 aliphatic rings. The van der Waals surface area contributed by atoms with Gasteiger partial charge in [-0.05, 0) is 31.2 Å². The Bertz CT molecular complexity index is 767. The first-order chi connectivity index (χ1) is 12.5. The van der Waals surface area contributed by atoms with Gasteiger partial charge >= 0.3 is 5.97 Å². The number of likely N-dealkylation sites (N-methyl/N-ethyl adjacent to an activating group) is 1. The summed E-state index contributed by atoms with van der Waals surface area (Å²) in [5, 5.41) is -0.0491. The Morgan fingerprint density at radius 2 is 1.77 bits per heavy atom. The first-order valence-corrected chi connectivity index (χ1v) is 8.91. The number of esters is 1. The van der Waals surface area contributed by atoms with Crippen LogP contribution in [0.3, 0.4) is 0 Å². The standard InChI is InChI=1S/C18H20ClN3O4/c1-3-20-8-10-21(11-9-20)15-14(19)16(23)22(17(15)24)13-6-4-12(5-7-13)18(25)26-2/h4-7H,3,8-11H2,1-2H3/p+1. The van der Waals surface area contributed by atoms with Crippen LogP contribution in [0.5, 0.6) is 0 Å². The Kier molecular flexibility index (Phi) is 5.29. The molecule has 0 unspecified atom stereocenters. The van der Waals surface area contributed by atoms with Crippen molar-refractivity contribution in [2.24, 2.45) is 0 Å². The van der Waals surface area contributed by atoms with Crippen molar-refractivity contribution in [3.63, 3.8) is 0 Å². The molecule has 2 heterocycles. The number of nitrogens with zero attached hydrogens (tertiary/aromatic N) is 2. The number of ether oxygens (including phenoxy) is 1. The van der Waals surface area contributed by atoms with E-state index in [0.29, 0.717) is 24.3 Å². The van der Waals surface area contributed by atoms with Gasteiger partial charge in [0.05, 0.1) is 51.1 Å². The summed E-state index contributed by atoms with van der Waals surface area (Å²) in [5.74, 6) is -1.45. The van der Waals surface area contributed by atoms with Gasteiger partial charge < -0.3 is 14.5 Å². The van der Waals surface area contributed by atoms with Gasteiger partial charge in [0, 0.05) is 0 Å². The van der Waals surface area contributed by atoms with Crippen LogP contribution in [-0.4, -0.2) is 62.5 Å². The summed E-state index contributed by atoms with van der Waals surface area (Å²) in [6, 6.07) is 6.09. The molecule has 2 amide bonds. The van der Waals surface area contributed by atoms with E-state index in [2.05, 4.69) is 11.7 Å². The quantitative estimate of drug-likeness (QED) is 0.590. The number of piperazine rings is 1. The number of amides is 2. The molecule has 0 radical (unpaired) electrons. The van der Waals surface area contributed by atoms with Crippen LogP contribution in [0.1, 0.15) is 17.3 Å². The molecule has 0 atom stereocenters. The summed E-state index contributed by atoms with van der Waals surface area (Å²) in [4.78, 5) is 41.4. The summed E-state index contributed by atoms with van der Waals surface area (Å²) >= 11 is 6.22. The minimum atomic E-state index is -0.539. The minimum Gasteiger partial charge on any atom is -0.465 e. The monoisotopic (exact) mass is 378 g/mol. The van der Waals surface area contributed by atoms with Gasteiger partial charge in [-0.15, -0.1) is 0 Å². The highest BCUT2D eigenvalue weighted by Gasteiger charge is 2.42. The molecule has 0 spiro atoms. The molecule has 0 aromatic heterocycles. The maximum Gasteiger partial charge on any atom is 0.337 e. The Hall–Kier alpha value is -2.38. The van der Waals surface area contributed by atoms with Crippen molar-refractivity contribution in [2.45, 2.75) is 6.92 Å². The molecule has 7 nitrogen and oxygen atoms in total. The molecule has 8 heteroatoms. The number of halogens is 1. The van der Waals surface area contributed by atoms with E-state index in [1.807, 2.05) is 4.90 Å². The van der Waals surface area contributed by atoms with E-state index in [1.54, 1.807) is 0 Å². The molecule has 0 bridgehead atoms. The lowest BCUT2D eigenvalue weighted by Gasteiger charge is -2.33. The van der Waals surface area contributed by atoms with Crippen LogP contribution in [0, 0.1) is 0 Å². The van der Waals surface area contributed by atoms with E-state index >= 15 is 0 Å². The van der Waals surface area contributed by atoms with Crippen LogP contribution in [-0.2, 0) is 14.3 Å². The lowest BCUT2D eigenvalue weighted by molar-refractivity contribution is -0.902. The van der Waals surface area contributed by atoms with E-state index in [9.17, 15) is 14.4 Å². The van der Waals surface area contributed by atoms with Crippen molar-refractivity contribution in [3.05, 3.63) is 40.6 Å². The van der Waals surface area contributed by atoms with E-state index in [-0.39, 0.29) is 10.7 Å². The fraction of sp³-hybridized carbons (Fsp3) is 0.389. The third kappa shape index (κ3) is 3.20. The van der Waals surface area contributed by atoms with Crippen molar-refractivity contribution in [1.82, 2.24) is 4.90 Å². The normalized spacial score (nSPS) is 18.7. The van der Waals surface area contributed by atoms with E-state index in [4.69, 9.17) is 11.6 Å². The molecule has 26 heavy (non-hydrogen) atoms. The zero-order valence-corrected chi connectivity index (χ0v) is 15.5. The molecule has 0 saturated carbocycles. The van der Waals surface area contributed by atoms with Gasteiger partial charge in [0.25, 0.3) is 11.8 Å². The highest BCUT2D eigenvalue weighted by molar-refractivity contribution is 6.52. The molecule has 1 saturated heterocycles. The van der Waals surface area contributed by atoms with Gasteiger partial charge in [-0.25, -0.2) is 9.69 Å². The number of anilines is 1. The third-order valence-electron chi connectivity index (χ3n) is 4.84.